The Morgan fingerprint density at radius 1 is 1.15 bits per heavy atom. The van der Waals surface area contributed by atoms with E-state index in [4.69, 9.17) is 4.74 Å². The van der Waals surface area contributed by atoms with Gasteiger partial charge < -0.3 is 14.2 Å². The van der Waals surface area contributed by atoms with E-state index in [2.05, 4.69) is 35.0 Å². The topological polar surface area (TPSA) is 111 Å². The minimum absolute atomic E-state index is 0.0236. The van der Waals surface area contributed by atoms with E-state index in [0.29, 0.717) is 11.2 Å². The van der Waals surface area contributed by atoms with Crippen LogP contribution in [0.1, 0.15) is 24.3 Å². The molecule has 1 aliphatic heterocycles. The molecular weight excluding hydrogens is 455 g/mol. The minimum atomic E-state index is -4.76. The van der Waals surface area contributed by atoms with Crippen LogP contribution >= 0.6 is 0 Å². The van der Waals surface area contributed by atoms with E-state index >= 15 is 0 Å². The van der Waals surface area contributed by atoms with Gasteiger partial charge in [-0.05, 0) is 37.1 Å². The van der Waals surface area contributed by atoms with Crippen molar-refractivity contribution < 1.29 is 27.2 Å². The average molecular weight is 473 g/mol. The maximum Gasteiger partial charge on any atom is 0.471 e. The lowest BCUT2D eigenvalue weighted by Gasteiger charge is -2.16. The van der Waals surface area contributed by atoms with Crippen molar-refractivity contribution in [2.75, 3.05) is 23.3 Å². The number of pyridine rings is 2. The first-order chi connectivity index (χ1) is 16.4. The van der Waals surface area contributed by atoms with Crippen LogP contribution in [-0.2, 0) is 17.5 Å². The van der Waals surface area contributed by atoms with Crippen molar-refractivity contribution in [3.63, 3.8) is 0 Å². The van der Waals surface area contributed by atoms with E-state index in [0.717, 1.165) is 37.3 Å². The molecule has 34 heavy (non-hydrogen) atoms. The van der Waals surface area contributed by atoms with Gasteiger partial charge in [0.1, 0.15) is 18.1 Å². The van der Waals surface area contributed by atoms with Crippen LogP contribution < -0.4 is 10.2 Å². The molecule has 1 amide bonds. The summed E-state index contributed by atoms with van der Waals surface area (Å²) in [5.41, 5.74) is 1.64. The van der Waals surface area contributed by atoms with Gasteiger partial charge in [-0.1, -0.05) is 11.2 Å². The molecule has 1 N–H and O–H groups in total. The molecule has 0 bridgehead atoms. The molecule has 0 aromatic carbocycles. The molecule has 1 aliphatic rings. The van der Waals surface area contributed by atoms with Gasteiger partial charge in [-0.2, -0.15) is 23.3 Å². The van der Waals surface area contributed by atoms with Gasteiger partial charge in [-0.15, -0.1) is 0 Å². The van der Waals surface area contributed by atoms with Gasteiger partial charge in [0.05, 0.1) is 17.4 Å². The highest BCUT2D eigenvalue weighted by molar-refractivity contribution is 5.91. The van der Waals surface area contributed by atoms with Crippen LogP contribution in [0.15, 0.2) is 47.2 Å². The number of nitrogens with one attached hydrogen (secondary N) is 1. The number of ether oxygens (including phenoxy) is 1. The molecular formula is C21H18F3N7O3. The van der Waals surface area contributed by atoms with Gasteiger partial charge in [0.15, 0.2) is 0 Å². The Balaban J connectivity index is 1.26. The van der Waals surface area contributed by atoms with E-state index in [1.54, 1.807) is 12.3 Å². The summed E-state index contributed by atoms with van der Waals surface area (Å²) in [5, 5.41) is 10.1. The molecule has 176 valence electrons. The summed E-state index contributed by atoms with van der Waals surface area (Å²) in [5.74, 6) is -0.852. The van der Waals surface area contributed by atoms with Crippen molar-refractivity contribution in [2.24, 2.45) is 0 Å². The van der Waals surface area contributed by atoms with Gasteiger partial charge in [0.25, 0.3) is 0 Å². The van der Waals surface area contributed by atoms with Crippen molar-refractivity contribution in [1.82, 2.24) is 24.7 Å². The number of rotatable bonds is 5. The number of hydrogen-bond acceptors (Lipinski definition) is 8. The van der Waals surface area contributed by atoms with Crippen molar-refractivity contribution in [2.45, 2.75) is 25.6 Å². The van der Waals surface area contributed by atoms with Crippen molar-refractivity contribution in [3.8, 4) is 11.5 Å². The van der Waals surface area contributed by atoms with E-state index < -0.39 is 18.2 Å². The Morgan fingerprint density at radius 3 is 2.68 bits per heavy atom. The van der Waals surface area contributed by atoms with E-state index in [-0.39, 0.29) is 18.1 Å². The molecule has 1 fully saturated rings. The Hall–Kier alpha value is -4.16. The summed E-state index contributed by atoms with van der Waals surface area (Å²) in [6.07, 6.45) is -0.0648. The summed E-state index contributed by atoms with van der Waals surface area (Å²) in [6.45, 7) is 2.00. The molecule has 0 radical (unpaired) electrons. The fourth-order valence-electron chi connectivity index (χ4n) is 3.67. The number of anilines is 2. The third-order valence-electron chi connectivity index (χ3n) is 5.30. The first kappa shape index (κ1) is 21.7. The quantitative estimate of drug-likeness (QED) is 0.460. The number of carbonyl (C=O) groups is 1. The Labute approximate surface area is 190 Å². The van der Waals surface area contributed by atoms with E-state index in [1.807, 2.05) is 12.1 Å². The number of amides is 1. The van der Waals surface area contributed by atoms with Crippen LogP contribution in [0.3, 0.4) is 0 Å². The molecule has 5 heterocycles. The maximum absolute atomic E-state index is 12.8. The number of fused-ring (bicyclic) bond motifs is 1. The van der Waals surface area contributed by atoms with Crippen LogP contribution in [0, 0.1) is 0 Å². The van der Waals surface area contributed by atoms with Gasteiger partial charge >= 0.3 is 18.2 Å². The molecule has 4 aromatic heterocycles. The van der Waals surface area contributed by atoms with Crippen LogP contribution in [0.5, 0.6) is 0 Å². The Morgan fingerprint density at radius 2 is 1.97 bits per heavy atom. The number of nitrogens with zero attached hydrogens (tertiary/aromatic N) is 6. The predicted octanol–water partition coefficient (Wildman–Crippen LogP) is 4.15. The van der Waals surface area contributed by atoms with Crippen LogP contribution in [0.2, 0.25) is 0 Å². The zero-order valence-electron chi connectivity index (χ0n) is 17.6. The second kappa shape index (κ2) is 8.65. The summed E-state index contributed by atoms with van der Waals surface area (Å²) >= 11 is 0. The number of halogens is 3. The van der Waals surface area contributed by atoms with Crippen molar-refractivity contribution in [3.05, 3.63) is 54.2 Å². The maximum atomic E-state index is 12.8. The molecule has 5 rings (SSSR count). The van der Waals surface area contributed by atoms with Gasteiger partial charge in [0, 0.05) is 24.8 Å². The fraction of sp³-hybridized carbons (Fsp3) is 0.286. The summed E-state index contributed by atoms with van der Waals surface area (Å²) in [4.78, 5) is 22.4. The molecule has 0 saturated carbocycles. The number of alkyl halides is 3. The Bertz CT molecular complexity index is 1310. The monoisotopic (exact) mass is 473 g/mol. The van der Waals surface area contributed by atoms with Crippen LogP contribution in [0.25, 0.3) is 17.0 Å². The average Bonchev–Trinajstić information content (AvgIpc) is 3.59. The largest absolute Gasteiger partial charge is 0.471 e. The lowest BCUT2D eigenvalue weighted by Crippen LogP contribution is -2.19. The second-order valence-electron chi connectivity index (χ2n) is 7.60. The van der Waals surface area contributed by atoms with E-state index in [9.17, 15) is 18.0 Å². The first-order valence-electron chi connectivity index (χ1n) is 10.4. The molecule has 0 aliphatic carbocycles. The SMILES string of the molecule is O=C(Nc1ccc(-c2noc(C(F)(F)F)n2)n2nccc12)OCc1ccc(N2CCCC2)nc1. The molecule has 0 unspecified atom stereocenters. The summed E-state index contributed by atoms with van der Waals surface area (Å²) in [6, 6.07) is 8.24. The molecule has 4 aromatic rings. The minimum Gasteiger partial charge on any atom is -0.444 e. The second-order valence-corrected chi connectivity index (χ2v) is 7.60. The zero-order valence-corrected chi connectivity index (χ0v) is 17.6. The molecule has 0 atom stereocenters. The third-order valence-corrected chi connectivity index (χ3v) is 5.30. The standard InChI is InChI=1S/C21H18F3N7O3/c22-21(23,24)19-28-18(29-34-19)16-5-4-14(15-7-8-26-31(15)16)27-20(32)33-12-13-3-6-17(25-11-13)30-9-1-2-10-30/h3-8,11H,1-2,9-10,12H2,(H,27,32). The highest BCUT2D eigenvalue weighted by atomic mass is 19.4. The number of hydrogen-bond donors (Lipinski definition) is 1. The van der Waals surface area contributed by atoms with Crippen molar-refractivity contribution in [1.29, 1.82) is 0 Å². The third kappa shape index (κ3) is 4.36. The summed E-state index contributed by atoms with van der Waals surface area (Å²) < 4.78 is 49.2. The van der Waals surface area contributed by atoms with Crippen LogP contribution in [-0.4, -0.2) is 43.9 Å². The molecule has 0 spiro atoms. The van der Waals surface area contributed by atoms with Gasteiger partial charge in [-0.25, -0.2) is 14.3 Å². The molecule has 1 saturated heterocycles. The normalized spacial score (nSPS) is 14.0. The molecule has 10 nitrogen and oxygen atoms in total. The predicted molar refractivity (Wildman–Crippen MR) is 113 cm³/mol. The lowest BCUT2D eigenvalue weighted by atomic mass is 10.2. The number of aromatic nitrogens is 5. The zero-order chi connectivity index (χ0) is 23.7. The lowest BCUT2D eigenvalue weighted by molar-refractivity contribution is -0.159. The highest BCUT2D eigenvalue weighted by Gasteiger charge is 2.38. The van der Waals surface area contributed by atoms with Gasteiger partial charge in [0.2, 0.25) is 5.82 Å². The number of carbonyl (C=O) groups excluding carboxylic acids is 1. The van der Waals surface area contributed by atoms with Gasteiger partial charge in [-0.3, -0.25) is 5.32 Å². The highest BCUT2D eigenvalue weighted by Crippen LogP contribution is 2.30. The van der Waals surface area contributed by atoms with E-state index in [1.165, 1.54) is 22.8 Å². The molecule has 13 heteroatoms. The smallest absolute Gasteiger partial charge is 0.444 e. The first-order valence-corrected chi connectivity index (χ1v) is 10.4. The Kier molecular flexibility index (Phi) is 5.51. The van der Waals surface area contributed by atoms with Crippen LogP contribution in [0.4, 0.5) is 29.5 Å². The van der Waals surface area contributed by atoms with Crippen molar-refractivity contribution >= 4 is 23.1 Å². The fourth-order valence-corrected chi connectivity index (χ4v) is 3.67. The summed E-state index contributed by atoms with van der Waals surface area (Å²) in [7, 11) is 0.